The minimum atomic E-state index is -4.10. The van der Waals surface area contributed by atoms with Crippen molar-refractivity contribution in [1.29, 1.82) is 5.26 Å². The van der Waals surface area contributed by atoms with Gasteiger partial charge in [-0.05, 0) is 12.1 Å². The Hall–Kier alpha value is -1.32. The van der Waals surface area contributed by atoms with Gasteiger partial charge in [0.25, 0.3) is 9.05 Å². The predicted molar refractivity (Wildman–Crippen MR) is 50.7 cm³/mol. The maximum atomic E-state index is 13.4. The first kappa shape index (κ1) is 11.8. The topological polar surface area (TPSA) is 67.2 Å². The van der Waals surface area contributed by atoms with Gasteiger partial charge < -0.3 is 4.74 Å². The van der Waals surface area contributed by atoms with Gasteiger partial charge >= 0.3 is 0 Å². The normalized spacial score (nSPS) is 10.8. The van der Waals surface area contributed by atoms with Gasteiger partial charge in [-0.2, -0.15) is 5.26 Å². The summed E-state index contributed by atoms with van der Waals surface area (Å²) < 4.78 is 39.9. The molecule has 15 heavy (non-hydrogen) atoms. The number of benzene rings is 1. The van der Waals surface area contributed by atoms with E-state index in [1.165, 1.54) is 0 Å². The van der Waals surface area contributed by atoms with Crippen molar-refractivity contribution in [2.75, 3.05) is 7.11 Å². The molecule has 0 aromatic heterocycles. The molecule has 0 saturated carbocycles. The number of hydrogen-bond donors (Lipinski definition) is 0. The highest BCUT2D eigenvalue weighted by Gasteiger charge is 2.22. The maximum absolute atomic E-state index is 13.4. The quantitative estimate of drug-likeness (QED) is 0.747. The van der Waals surface area contributed by atoms with E-state index in [2.05, 4.69) is 4.74 Å². The largest absolute Gasteiger partial charge is 0.492 e. The third-order valence-electron chi connectivity index (χ3n) is 1.65. The molecule has 0 radical (unpaired) electrons. The van der Waals surface area contributed by atoms with Crippen LogP contribution in [0.5, 0.6) is 5.75 Å². The van der Waals surface area contributed by atoms with Crippen LogP contribution < -0.4 is 4.74 Å². The highest BCUT2D eigenvalue weighted by molar-refractivity contribution is 8.13. The second kappa shape index (κ2) is 4.04. The molecule has 0 amide bonds. The Morgan fingerprint density at radius 1 is 1.53 bits per heavy atom. The molecule has 0 atom stereocenters. The first-order chi connectivity index (χ1) is 6.91. The molecule has 0 aliphatic carbocycles. The molecule has 0 aliphatic rings. The molecule has 7 heteroatoms. The van der Waals surface area contributed by atoms with Crippen molar-refractivity contribution in [2.24, 2.45) is 0 Å². The molecule has 1 aromatic carbocycles. The molecule has 4 nitrogen and oxygen atoms in total. The van der Waals surface area contributed by atoms with E-state index in [0.29, 0.717) is 0 Å². The molecule has 0 heterocycles. The number of hydrogen-bond acceptors (Lipinski definition) is 4. The van der Waals surface area contributed by atoms with Crippen LogP contribution >= 0.6 is 10.7 Å². The van der Waals surface area contributed by atoms with Crippen LogP contribution in [0.15, 0.2) is 17.0 Å². The minimum absolute atomic E-state index is 0.309. The lowest BCUT2D eigenvalue weighted by Gasteiger charge is -2.06. The van der Waals surface area contributed by atoms with Crippen molar-refractivity contribution in [3.63, 3.8) is 0 Å². The Morgan fingerprint density at radius 2 is 2.13 bits per heavy atom. The van der Waals surface area contributed by atoms with E-state index in [9.17, 15) is 12.8 Å². The van der Waals surface area contributed by atoms with Gasteiger partial charge in [0.15, 0.2) is 11.6 Å². The predicted octanol–water partition coefficient (Wildman–Crippen LogP) is 1.63. The zero-order valence-electron chi connectivity index (χ0n) is 7.49. The van der Waals surface area contributed by atoms with Gasteiger partial charge in [-0.1, -0.05) is 0 Å². The molecule has 0 bridgehead atoms. The van der Waals surface area contributed by atoms with Gasteiger partial charge in [0.1, 0.15) is 11.0 Å². The van der Waals surface area contributed by atoms with Crippen molar-refractivity contribution in [3.8, 4) is 11.8 Å². The van der Waals surface area contributed by atoms with E-state index >= 15 is 0 Å². The molecule has 1 aromatic rings. The van der Waals surface area contributed by atoms with Crippen LogP contribution in [0.1, 0.15) is 5.56 Å². The van der Waals surface area contributed by atoms with Crippen LogP contribution in [-0.4, -0.2) is 15.5 Å². The van der Waals surface area contributed by atoms with Crippen molar-refractivity contribution >= 4 is 19.7 Å². The van der Waals surface area contributed by atoms with E-state index in [-0.39, 0.29) is 5.56 Å². The summed E-state index contributed by atoms with van der Waals surface area (Å²) in [5, 5.41) is 8.50. The molecule has 1 rings (SSSR count). The third kappa shape index (κ3) is 2.19. The number of nitriles is 1. The Bertz CT molecular complexity index is 536. The van der Waals surface area contributed by atoms with Gasteiger partial charge in [-0.15, -0.1) is 0 Å². The van der Waals surface area contributed by atoms with Gasteiger partial charge in [0.05, 0.1) is 12.7 Å². The van der Waals surface area contributed by atoms with E-state index in [0.717, 1.165) is 19.2 Å². The average Bonchev–Trinajstić information content (AvgIpc) is 2.15. The molecule has 0 spiro atoms. The van der Waals surface area contributed by atoms with Crippen LogP contribution in [0.3, 0.4) is 0 Å². The summed E-state index contributed by atoms with van der Waals surface area (Å²) in [4.78, 5) is -0.497. The summed E-state index contributed by atoms with van der Waals surface area (Å²) in [6.07, 6.45) is 0. The van der Waals surface area contributed by atoms with E-state index in [4.69, 9.17) is 15.9 Å². The number of methoxy groups -OCH3 is 1. The van der Waals surface area contributed by atoms with Crippen LogP contribution in [0.4, 0.5) is 4.39 Å². The highest BCUT2D eigenvalue weighted by atomic mass is 35.7. The van der Waals surface area contributed by atoms with Crippen LogP contribution in [0, 0.1) is 17.1 Å². The second-order valence-electron chi connectivity index (χ2n) is 2.51. The van der Waals surface area contributed by atoms with Gasteiger partial charge in [0, 0.05) is 10.7 Å². The Morgan fingerprint density at radius 3 is 2.53 bits per heavy atom. The molecule has 0 unspecified atom stereocenters. The summed E-state index contributed by atoms with van der Waals surface area (Å²) in [6.45, 7) is 0. The van der Waals surface area contributed by atoms with Gasteiger partial charge in [0.2, 0.25) is 0 Å². The van der Waals surface area contributed by atoms with Crippen LogP contribution in [0.2, 0.25) is 0 Å². The number of halogens is 2. The smallest absolute Gasteiger partial charge is 0.265 e. The summed E-state index contributed by atoms with van der Waals surface area (Å²) in [5.74, 6) is -1.59. The zero-order valence-corrected chi connectivity index (χ0v) is 9.06. The monoisotopic (exact) mass is 249 g/mol. The fourth-order valence-corrected chi connectivity index (χ4v) is 2.00. The van der Waals surface area contributed by atoms with Crippen LogP contribution in [0.25, 0.3) is 0 Å². The van der Waals surface area contributed by atoms with Gasteiger partial charge in [-0.3, -0.25) is 0 Å². The Balaban J connectivity index is 3.61. The van der Waals surface area contributed by atoms with Gasteiger partial charge in [-0.25, -0.2) is 12.8 Å². The van der Waals surface area contributed by atoms with E-state index in [1.807, 2.05) is 0 Å². The molecular weight excluding hydrogens is 245 g/mol. The number of ether oxygens (including phenoxy) is 1. The molecule has 0 aliphatic heterocycles. The van der Waals surface area contributed by atoms with Crippen molar-refractivity contribution in [1.82, 2.24) is 0 Å². The van der Waals surface area contributed by atoms with Crippen LogP contribution in [-0.2, 0) is 9.05 Å². The van der Waals surface area contributed by atoms with E-state index < -0.39 is 25.5 Å². The summed E-state index contributed by atoms with van der Waals surface area (Å²) in [5.41, 5.74) is -0.309. The maximum Gasteiger partial charge on any atom is 0.265 e. The Kier molecular flexibility index (Phi) is 3.17. The summed E-state index contributed by atoms with van der Waals surface area (Å²) in [7, 11) is 2.05. The Labute approximate surface area is 90.3 Å². The number of nitrogens with zero attached hydrogens (tertiary/aromatic N) is 1. The lowest BCUT2D eigenvalue weighted by molar-refractivity contribution is 0.374. The van der Waals surface area contributed by atoms with Crippen molar-refractivity contribution in [3.05, 3.63) is 23.5 Å². The number of rotatable bonds is 2. The zero-order chi connectivity index (χ0) is 11.6. The lowest BCUT2D eigenvalue weighted by Crippen LogP contribution is -2.00. The minimum Gasteiger partial charge on any atom is -0.492 e. The van der Waals surface area contributed by atoms with Crippen molar-refractivity contribution < 1.29 is 17.5 Å². The molecule has 0 N–H and O–H groups in total. The third-order valence-corrected chi connectivity index (χ3v) is 2.99. The average molecular weight is 250 g/mol. The second-order valence-corrected chi connectivity index (χ2v) is 5.04. The molecule has 0 fully saturated rings. The van der Waals surface area contributed by atoms with E-state index in [1.54, 1.807) is 6.07 Å². The fraction of sp³-hybridized carbons (Fsp3) is 0.125. The summed E-state index contributed by atoms with van der Waals surface area (Å²) >= 11 is 0. The highest BCUT2D eigenvalue weighted by Crippen LogP contribution is 2.31. The first-order valence-corrected chi connectivity index (χ1v) is 5.94. The van der Waals surface area contributed by atoms with Crippen molar-refractivity contribution in [2.45, 2.75) is 4.90 Å². The lowest BCUT2D eigenvalue weighted by atomic mass is 10.2. The molecule has 80 valence electrons. The fourth-order valence-electron chi connectivity index (χ4n) is 1.01. The summed E-state index contributed by atoms with van der Waals surface area (Å²) in [6, 6.07) is 3.59. The SMILES string of the molecule is COc1c(S(=O)(=O)Cl)ccc(C#N)c1F. The first-order valence-electron chi connectivity index (χ1n) is 3.63. The molecule has 0 saturated heterocycles. The standard InChI is InChI=1S/C8H5ClFNO3S/c1-14-8-6(15(9,12)13)3-2-5(4-11)7(8)10/h2-3H,1H3. The molecular formula is C8H5ClFNO3S.